The molecule has 1 aliphatic rings. The summed E-state index contributed by atoms with van der Waals surface area (Å²) in [7, 11) is 0. The fourth-order valence-electron chi connectivity index (χ4n) is 2.49. The molecule has 0 aromatic heterocycles. The lowest BCUT2D eigenvalue weighted by Gasteiger charge is -2.24. The van der Waals surface area contributed by atoms with Crippen molar-refractivity contribution in [3.05, 3.63) is 29.8 Å². The lowest BCUT2D eigenvalue weighted by Crippen LogP contribution is -2.31. The highest BCUT2D eigenvalue weighted by atomic mass is 32.1. The van der Waals surface area contributed by atoms with Crippen LogP contribution in [0, 0.1) is 0 Å². The van der Waals surface area contributed by atoms with Crippen molar-refractivity contribution in [1.29, 1.82) is 0 Å². The van der Waals surface area contributed by atoms with Gasteiger partial charge >= 0.3 is 0 Å². The topological polar surface area (TPSA) is 80.5 Å². The van der Waals surface area contributed by atoms with Gasteiger partial charge < -0.3 is 5.73 Å². The van der Waals surface area contributed by atoms with Crippen LogP contribution in [0.1, 0.15) is 32.3 Å². The van der Waals surface area contributed by atoms with Gasteiger partial charge in [0.2, 0.25) is 17.7 Å². The van der Waals surface area contributed by atoms with Crippen molar-refractivity contribution in [2.75, 3.05) is 4.90 Å². The second-order valence-electron chi connectivity index (χ2n) is 5.86. The first-order valence-electron chi connectivity index (χ1n) is 6.66. The van der Waals surface area contributed by atoms with Crippen molar-refractivity contribution in [3.63, 3.8) is 0 Å². The predicted octanol–water partition coefficient (Wildman–Crippen LogP) is 1.40. The number of amides is 3. The van der Waals surface area contributed by atoms with E-state index in [1.54, 1.807) is 12.1 Å². The molecule has 21 heavy (non-hydrogen) atoms. The van der Waals surface area contributed by atoms with E-state index < -0.39 is 10.7 Å². The van der Waals surface area contributed by atoms with Gasteiger partial charge in [-0.05, 0) is 23.1 Å². The average Bonchev–Trinajstić information content (AvgIpc) is 2.62. The number of hydrogen-bond acceptors (Lipinski definition) is 4. The zero-order chi connectivity index (χ0) is 15.8. The minimum atomic E-state index is -0.566. The molecule has 1 heterocycles. The summed E-state index contributed by atoms with van der Waals surface area (Å²) in [5.41, 5.74) is 6.31. The van der Waals surface area contributed by atoms with Crippen LogP contribution >= 0.6 is 12.6 Å². The number of carbonyl (C=O) groups is 3. The first-order valence-corrected chi connectivity index (χ1v) is 7.18. The molecule has 1 aliphatic heterocycles. The Bertz CT molecular complexity index is 595. The quantitative estimate of drug-likeness (QED) is 0.652. The summed E-state index contributed by atoms with van der Waals surface area (Å²) in [5, 5.41) is -0.566. The van der Waals surface area contributed by atoms with E-state index in [-0.39, 0.29) is 30.6 Å². The second-order valence-corrected chi connectivity index (χ2v) is 6.48. The Labute approximate surface area is 128 Å². The summed E-state index contributed by atoms with van der Waals surface area (Å²) in [5.74, 6) is -0.913. The normalized spacial score (nSPS) is 19.2. The highest BCUT2D eigenvalue weighted by molar-refractivity contribution is 7.82. The summed E-state index contributed by atoms with van der Waals surface area (Å²) in [4.78, 5) is 36.0. The molecule has 1 aromatic rings. The predicted molar refractivity (Wildman–Crippen MR) is 83.2 cm³/mol. The number of primary amides is 1. The smallest absolute Gasteiger partial charge is 0.247 e. The summed E-state index contributed by atoms with van der Waals surface area (Å²) in [6.45, 7) is 3.84. The van der Waals surface area contributed by atoms with Crippen LogP contribution in [0.25, 0.3) is 0 Å². The van der Waals surface area contributed by atoms with Crippen LogP contribution < -0.4 is 10.6 Å². The van der Waals surface area contributed by atoms with Crippen molar-refractivity contribution in [2.24, 2.45) is 5.73 Å². The first-order chi connectivity index (χ1) is 9.72. The molecule has 0 aliphatic carbocycles. The number of rotatable bonds is 4. The van der Waals surface area contributed by atoms with Gasteiger partial charge in [0, 0.05) is 12.8 Å². The van der Waals surface area contributed by atoms with E-state index in [0.717, 1.165) is 10.5 Å². The maximum Gasteiger partial charge on any atom is 0.247 e. The maximum atomic E-state index is 11.9. The first kappa shape index (κ1) is 15.6. The molecule has 0 radical (unpaired) electrons. The lowest BCUT2D eigenvalue weighted by atomic mass is 9.81. The van der Waals surface area contributed by atoms with Crippen molar-refractivity contribution < 1.29 is 14.4 Å². The molecule has 3 amide bonds. The highest BCUT2D eigenvalue weighted by Gasteiger charge is 2.37. The summed E-state index contributed by atoms with van der Waals surface area (Å²) >= 11 is 4.10. The fourth-order valence-corrected chi connectivity index (χ4v) is 2.76. The molecule has 0 saturated carbocycles. The number of nitrogens with zero attached hydrogens (tertiary/aromatic N) is 1. The SMILES string of the molecule is CC(C)(CC(N)=O)c1ccc(N2C(=O)CC(S)C2=O)cc1. The van der Waals surface area contributed by atoms with Crippen LogP contribution in [-0.4, -0.2) is 23.0 Å². The monoisotopic (exact) mass is 306 g/mol. The van der Waals surface area contributed by atoms with Gasteiger partial charge in [-0.25, -0.2) is 4.90 Å². The van der Waals surface area contributed by atoms with Gasteiger partial charge in [-0.2, -0.15) is 12.6 Å². The fraction of sp³-hybridized carbons (Fsp3) is 0.400. The average molecular weight is 306 g/mol. The van der Waals surface area contributed by atoms with Crippen molar-refractivity contribution in [3.8, 4) is 0 Å². The van der Waals surface area contributed by atoms with Crippen molar-refractivity contribution in [2.45, 2.75) is 37.4 Å². The van der Waals surface area contributed by atoms with E-state index in [9.17, 15) is 14.4 Å². The number of benzene rings is 1. The molecule has 6 heteroatoms. The van der Waals surface area contributed by atoms with Crippen molar-refractivity contribution >= 4 is 36.0 Å². The Hall–Kier alpha value is -1.82. The molecule has 1 aromatic carbocycles. The van der Waals surface area contributed by atoms with Gasteiger partial charge in [-0.3, -0.25) is 14.4 Å². The van der Waals surface area contributed by atoms with Crippen LogP contribution in [0.2, 0.25) is 0 Å². The molecule has 1 atom stereocenters. The third kappa shape index (κ3) is 3.10. The van der Waals surface area contributed by atoms with E-state index >= 15 is 0 Å². The van der Waals surface area contributed by atoms with E-state index in [1.165, 1.54) is 0 Å². The minimum absolute atomic E-state index is 0.122. The number of nitrogens with two attached hydrogens (primary N) is 1. The zero-order valence-electron chi connectivity index (χ0n) is 12.0. The summed E-state index contributed by atoms with van der Waals surface area (Å²) < 4.78 is 0. The summed E-state index contributed by atoms with van der Waals surface area (Å²) in [6.07, 6.45) is 0.351. The molecule has 2 rings (SSSR count). The minimum Gasteiger partial charge on any atom is -0.370 e. The van der Waals surface area contributed by atoms with Crippen LogP contribution in [0.4, 0.5) is 5.69 Å². The molecular formula is C15H18N2O3S. The second kappa shape index (κ2) is 5.52. The molecular weight excluding hydrogens is 288 g/mol. The Morgan fingerprint density at radius 1 is 1.33 bits per heavy atom. The number of carbonyl (C=O) groups excluding carboxylic acids is 3. The van der Waals surface area contributed by atoms with Gasteiger partial charge in [0.15, 0.2) is 0 Å². The van der Waals surface area contributed by atoms with E-state index in [2.05, 4.69) is 12.6 Å². The zero-order valence-corrected chi connectivity index (χ0v) is 12.9. The lowest BCUT2D eigenvalue weighted by molar-refractivity contribution is -0.121. The molecule has 0 bridgehead atoms. The molecule has 112 valence electrons. The molecule has 2 N–H and O–H groups in total. The van der Waals surface area contributed by atoms with Crippen LogP contribution in [0.3, 0.4) is 0 Å². The number of anilines is 1. The molecule has 1 unspecified atom stereocenters. The maximum absolute atomic E-state index is 11.9. The number of imide groups is 1. The molecule has 1 saturated heterocycles. The van der Waals surface area contributed by atoms with E-state index in [0.29, 0.717) is 5.69 Å². The molecule has 0 spiro atoms. The van der Waals surface area contributed by atoms with Gasteiger partial charge in [-0.15, -0.1) is 0 Å². The molecule has 1 fully saturated rings. The Kier molecular flexibility index (Phi) is 4.09. The van der Waals surface area contributed by atoms with E-state index in [1.807, 2.05) is 26.0 Å². The Balaban J connectivity index is 2.25. The third-order valence-electron chi connectivity index (χ3n) is 3.65. The standard InChI is InChI=1S/C15H18N2O3S/c1-15(2,8-12(16)18)9-3-5-10(6-4-9)17-13(19)7-11(21)14(17)20/h3-6,11,21H,7-8H2,1-2H3,(H2,16,18). The van der Waals surface area contributed by atoms with Gasteiger partial charge in [0.05, 0.1) is 10.9 Å². The highest BCUT2D eigenvalue weighted by Crippen LogP contribution is 2.30. The largest absolute Gasteiger partial charge is 0.370 e. The van der Waals surface area contributed by atoms with Gasteiger partial charge in [0.1, 0.15) is 0 Å². The van der Waals surface area contributed by atoms with Crippen LogP contribution in [0.15, 0.2) is 24.3 Å². The van der Waals surface area contributed by atoms with E-state index in [4.69, 9.17) is 5.73 Å². The third-order valence-corrected chi connectivity index (χ3v) is 4.05. The summed E-state index contributed by atoms with van der Waals surface area (Å²) in [6, 6.07) is 7.04. The number of hydrogen-bond donors (Lipinski definition) is 2. The van der Waals surface area contributed by atoms with Crippen LogP contribution in [0.5, 0.6) is 0 Å². The Morgan fingerprint density at radius 3 is 2.33 bits per heavy atom. The van der Waals surface area contributed by atoms with Gasteiger partial charge in [0.25, 0.3) is 0 Å². The van der Waals surface area contributed by atoms with Crippen molar-refractivity contribution in [1.82, 2.24) is 0 Å². The van der Waals surface area contributed by atoms with Crippen LogP contribution in [-0.2, 0) is 19.8 Å². The number of thiol groups is 1. The molecule has 5 nitrogen and oxygen atoms in total. The Morgan fingerprint density at radius 2 is 1.90 bits per heavy atom. The van der Waals surface area contributed by atoms with Gasteiger partial charge in [-0.1, -0.05) is 26.0 Å².